The van der Waals surface area contributed by atoms with Crippen LogP contribution in [0.25, 0.3) is 94.9 Å². The van der Waals surface area contributed by atoms with Gasteiger partial charge >= 0.3 is 0 Å². The van der Waals surface area contributed by atoms with Crippen LogP contribution in [-0.4, -0.2) is 13.7 Å². The van der Waals surface area contributed by atoms with E-state index in [2.05, 4.69) is 203 Å². The number of fused-ring (bicyclic) bond motifs is 8. The van der Waals surface area contributed by atoms with E-state index < -0.39 is 0 Å². The molecule has 0 radical (unpaired) electrons. The lowest BCUT2D eigenvalue weighted by Crippen LogP contribution is -2.01. The number of allylic oxidation sites excluding steroid dienone is 1. The van der Waals surface area contributed by atoms with Crippen LogP contribution in [0.15, 0.2) is 176 Å². The normalized spacial score (nSPS) is 11.9. The molecule has 52 heavy (non-hydrogen) atoms. The standard InChI is InChI=1S/C49H35N3/c1-3-14-38-42-31-32-43-41-19-10-13-22-47(41)52(37-29-27-35(28-30-37)50-45-20-11-8-17-39(45)40-18-9-12-21-46(40)50)49(43)48(42)51(44(38)4-2)36-25-23-34(24-26-36)33-15-6-5-7-16-33/h3-32H,2H2,1H3/b14-3-. The molecule has 246 valence electrons. The van der Waals surface area contributed by atoms with Crippen molar-refractivity contribution >= 4 is 66.7 Å². The summed E-state index contributed by atoms with van der Waals surface area (Å²) in [5.41, 5.74) is 13.9. The molecule has 10 aromatic rings. The number of hydrogen-bond donors (Lipinski definition) is 0. The first-order valence-corrected chi connectivity index (χ1v) is 17.9. The second kappa shape index (κ2) is 11.9. The Balaban J connectivity index is 1.25. The Bertz CT molecular complexity index is 2950. The summed E-state index contributed by atoms with van der Waals surface area (Å²) in [5.74, 6) is 0. The zero-order chi connectivity index (χ0) is 34.8. The molecule has 3 heteroatoms. The lowest BCUT2D eigenvalue weighted by molar-refractivity contribution is 1.10. The summed E-state index contributed by atoms with van der Waals surface area (Å²) < 4.78 is 7.23. The summed E-state index contributed by atoms with van der Waals surface area (Å²) in [5, 5.41) is 6.17. The van der Waals surface area contributed by atoms with Gasteiger partial charge in [0.2, 0.25) is 0 Å². The molecule has 7 aromatic carbocycles. The number of para-hydroxylation sites is 3. The molecule has 0 N–H and O–H groups in total. The van der Waals surface area contributed by atoms with Crippen molar-refractivity contribution in [3.63, 3.8) is 0 Å². The molecule has 0 spiro atoms. The molecule has 0 bridgehead atoms. The fourth-order valence-electron chi connectivity index (χ4n) is 8.33. The van der Waals surface area contributed by atoms with E-state index in [9.17, 15) is 0 Å². The van der Waals surface area contributed by atoms with Gasteiger partial charge in [0.15, 0.2) is 0 Å². The first-order chi connectivity index (χ1) is 25.7. The molecule has 10 rings (SSSR count). The second-order valence-corrected chi connectivity index (χ2v) is 13.3. The van der Waals surface area contributed by atoms with Gasteiger partial charge in [0, 0.05) is 49.6 Å². The Morgan fingerprint density at radius 3 is 1.44 bits per heavy atom. The minimum absolute atomic E-state index is 1.08. The molecule has 0 saturated carbocycles. The highest BCUT2D eigenvalue weighted by Crippen LogP contribution is 2.42. The molecule has 0 saturated heterocycles. The molecule has 3 nitrogen and oxygen atoms in total. The molecule has 0 atom stereocenters. The number of benzene rings is 7. The van der Waals surface area contributed by atoms with Crippen molar-refractivity contribution < 1.29 is 0 Å². The maximum absolute atomic E-state index is 4.34. The van der Waals surface area contributed by atoms with E-state index in [1.807, 2.05) is 6.08 Å². The maximum atomic E-state index is 4.34. The summed E-state index contributed by atoms with van der Waals surface area (Å²) in [7, 11) is 0. The first kappa shape index (κ1) is 30.0. The van der Waals surface area contributed by atoms with Crippen molar-refractivity contribution in [2.24, 2.45) is 0 Å². The highest BCUT2D eigenvalue weighted by molar-refractivity contribution is 6.20. The smallest absolute Gasteiger partial charge is 0.0788 e. The van der Waals surface area contributed by atoms with E-state index in [1.165, 1.54) is 65.7 Å². The van der Waals surface area contributed by atoms with Gasteiger partial charge in [-0.05, 0) is 78.7 Å². The quantitative estimate of drug-likeness (QED) is 0.168. The molecule has 0 aliphatic rings. The second-order valence-electron chi connectivity index (χ2n) is 13.3. The number of rotatable bonds is 6. The van der Waals surface area contributed by atoms with Gasteiger partial charge < -0.3 is 13.7 Å². The van der Waals surface area contributed by atoms with E-state index in [0.29, 0.717) is 0 Å². The van der Waals surface area contributed by atoms with Crippen LogP contribution in [-0.2, 0) is 0 Å². The van der Waals surface area contributed by atoms with Crippen LogP contribution < -0.4 is 0 Å². The lowest BCUT2D eigenvalue weighted by atomic mass is 10.1. The van der Waals surface area contributed by atoms with Crippen LogP contribution in [0.5, 0.6) is 0 Å². The number of hydrogen-bond acceptors (Lipinski definition) is 0. The highest BCUT2D eigenvalue weighted by atomic mass is 15.1. The Morgan fingerprint density at radius 2 is 0.846 bits per heavy atom. The Morgan fingerprint density at radius 1 is 0.404 bits per heavy atom. The zero-order valence-electron chi connectivity index (χ0n) is 28.9. The summed E-state index contributed by atoms with van der Waals surface area (Å²) in [4.78, 5) is 0. The Labute approximate surface area is 302 Å². The monoisotopic (exact) mass is 665 g/mol. The molecule has 0 aliphatic carbocycles. The number of nitrogens with zero attached hydrogens (tertiary/aromatic N) is 3. The molecule has 0 unspecified atom stereocenters. The lowest BCUT2D eigenvalue weighted by Gasteiger charge is -2.14. The van der Waals surface area contributed by atoms with Gasteiger partial charge in [0.1, 0.15) is 0 Å². The van der Waals surface area contributed by atoms with Crippen LogP contribution >= 0.6 is 0 Å². The van der Waals surface area contributed by atoms with E-state index in [1.54, 1.807) is 0 Å². The minimum atomic E-state index is 1.08. The summed E-state index contributed by atoms with van der Waals surface area (Å²) in [6, 6.07) is 59.3. The van der Waals surface area contributed by atoms with Gasteiger partial charge in [0.25, 0.3) is 0 Å². The highest BCUT2D eigenvalue weighted by Gasteiger charge is 2.23. The molecule has 0 amide bonds. The molecule has 0 fully saturated rings. The van der Waals surface area contributed by atoms with E-state index in [4.69, 9.17) is 0 Å². The van der Waals surface area contributed by atoms with Gasteiger partial charge in [-0.2, -0.15) is 0 Å². The van der Waals surface area contributed by atoms with Crippen molar-refractivity contribution in [1.29, 1.82) is 0 Å². The van der Waals surface area contributed by atoms with Gasteiger partial charge in [-0.1, -0.05) is 128 Å². The zero-order valence-corrected chi connectivity index (χ0v) is 28.9. The van der Waals surface area contributed by atoms with Crippen molar-refractivity contribution in [3.05, 3.63) is 188 Å². The molecule has 0 aliphatic heterocycles. The van der Waals surface area contributed by atoms with Crippen molar-refractivity contribution in [2.45, 2.75) is 6.92 Å². The molecular weight excluding hydrogens is 631 g/mol. The predicted molar refractivity (Wildman–Crippen MR) is 222 cm³/mol. The van der Waals surface area contributed by atoms with Crippen molar-refractivity contribution in [2.75, 3.05) is 0 Å². The topological polar surface area (TPSA) is 14.8 Å². The van der Waals surface area contributed by atoms with Crippen LogP contribution in [0.3, 0.4) is 0 Å². The van der Waals surface area contributed by atoms with Crippen LogP contribution in [0.4, 0.5) is 0 Å². The molecule has 3 aromatic heterocycles. The van der Waals surface area contributed by atoms with E-state index in [0.717, 1.165) is 28.3 Å². The SMILES string of the molecule is C=Cc1c(/C=C\C)c2ccc3c4ccccc4n(-c4ccc(-n5c6ccccc6c6ccccc65)cc4)c3c2n1-c1ccc(-c2ccccc2)cc1. The van der Waals surface area contributed by atoms with Crippen LogP contribution in [0, 0.1) is 0 Å². The fraction of sp³-hybridized carbons (Fsp3) is 0.0204. The van der Waals surface area contributed by atoms with Crippen molar-refractivity contribution in [1.82, 2.24) is 13.7 Å². The van der Waals surface area contributed by atoms with Gasteiger partial charge in [-0.15, -0.1) is 0 Å². The fourth-order valence-corrected chi connectivity index (χ4v) is 8.33. The van der Waals surface area contributed by atoms with Crippen LogP contribution in [0.1, 0.15) is 18.2 Å². The van der Waals surface area contributed by atoms with E-state index in [-0.39, 0.29) is 0 Å². The van der Waals surface area contributed by atoms with E-state index >= 15 is 0 Å². The minimum Gasteiger partial charge on any atom is -0.309 e. The summed E-state index contributed by atoms with van der Waals surface area (Å²) in [6.45, 7) is 6.42. The van der Waals surface area contributed by atoms with Gasteiger partial charge in [0.05, 0.1) is 33.3 Å². The third-order valence-corrected chi connectivity index (χ3v) is 10.5. The summed E-state index contributed by atoms with van der Waals surface area (Å²) >= 11 is 0. The molecular formula is C49H35N3. The third-order valence-electron chi connectivity index (χ3n) is 10.5. The molecule has 3 heterocycles. The van der Waals surface area contributed by atoms with Crippen molar-refractivity contribution in [3.8, 4) is 28.2 Å². The average molecular weight is 666 g/mol. The average Bonchev–Trinajstić information content (AvgIpc) is 3.84. The van der Waals surface area contributed by atoms with Crippen LogP contribution in [0.2, 0.25) is 0 Å². The predicted octanol–water partition coefficient (Wildman–Crippen LogP) is 13.2. The third kappa shape index (κ3) is 4.39. The van der Waals surface area contributed by atoms with Gasteiger partial charge in [-0.25, -0.2) is 0 Å². The first-order valence-electron chi connectivity index (χ1n) is 17.9. The Kier molecular flexibility index (Phi) is 6.87. The Hall–Kier alpha value is -6.84. The maximum Gasteiger partial charge on any atom is 0.0788 e. The van der Waals surface area contributed by atoms with Gasteiger partial charge in [-0.3, -0.25) is 0 Å². The largest absolute Gasteiger partial charge is 0.309 e. The summed E-state index contributed by atoms with van der Waals surface area (Å²) in [6.07, 6.45) is 6.34. The number of aromatic nitrogens is 3.